The van der Waals surface area contributed by atoms with Crippen LogP contribution in [0.2, 0.25) is 0 Å². The Morgan fingerprint density at radius 1 is 0.754 bits per heavy atom. The predicted molar refractivity (Wildman–Crippen MR) is 228 cm³/mol. The van der Waals surface area contributed by atoms with Gasteiger partial charge in [0, 0.05) is 45.7 Å². The van der Waals surface area contributed by atoms with E-state index in [2.05, 4.69) is 162 Å². The molecular formula is C51H44N4O2. The third-order valence-corrected chi connectivity index (χ3v) is 13.4. The highest BCUT2D eigenvalue weighted by Gasteiger charge is 2.45. The van der Waals surface area contributed by atoms with E-state index in [1.54, 1.807) is 0 Å². The van der Waals surface area contributed by atoms with Crippen molar-refractivity contribution in [1.29, 1.82) is 0 Å². The number of rotatable bonds is 5. The number of aliphatic imine (C=N–C) groups is 2. The molecule has 5 aromatic rings. The molecule has 6 heteroatoms. The molecule has 8 atom stereocenters. The fraction of sp³-hybridized carbons (Fsp3) is 0.255. The first-order valence-electron chi connectivity index (χ1n) is 20.8. The molecule has 280 valence electrons. The van der Waals surface area contributed by atoms with Gasteiger partial charge in [0.1, 0.15) is 23.9 Å². The second-order valence-corrected chi connectivity index (χ2v) is 16.6. The third kappa shape index (κ3) is 5.48. The lowest BCUT2D eigenvalue weighted by Crippen LogP contribution is -2.35. The van der Waals surface area contributed by atoms with Crippen LogP contribution in [0.15, 0.2) is 161 Å². The lowest BCUT2D eigenvalue weighted by Gasteiger charge is -2.29. The molecule has 3 aliphatic heterocycles. The molecule has 1 saturated heterocycles. The molecule has 0 saturated carbocycles. The summed E-state index contributed by atoms with van der Waals surface area (Å²) < 4.78 is 16.0. The summed E-state index contributed by atoms with van der Waals surface area (Å²) in [6, 6.07) is 36.7. The smallest absolute Gasteiger partial charge is 0.155 e. The predicted octanol–water partition coefficient (Wildman–Crippen LogP) is 10.5. The summed E-state index contributed by atoms with van der Waals surface area (Å²) in [5.74, 6) is 4.00. The maximum atomic E-state index is 7.01. The summed E-state index contributed by atoms with van der Waals surface area (Å²) in [4.78, 5) is 10.6. The van der Waals surface area contributed by atoms with Crippen molar-refractivity contribution >= 4 is 34.3 Å². The van der Waals surface area contributed by atoms with E-state index in [1.165, 1.54) is 44.6 Å². The maximum Gasteiger partial charge on any atom is 0.155 e. The zero-order chi connectivity index (χ0) is 37.5. The first-order valence-corrected chi connectivity index (χ1v) is 20.8. The van der Waals surface area contributed by atoms with Gasteiger partial charge in [-0.15, -0.1) is 0 Å². The third-order valence-electron chi connectivity index (χ3n) is 13.4. The van der Waals surface area contributed by atoms with E-state index >= 15 is 0 Å². The number of fused-ring (bicyclic) bond motifs is 9. The molecule has 7 aliphatic rings. The highest BCUT2D eigenvalue weighted by atomic mass is 16.5. The Kier molecular flexibility index (Phi) is 7.75. The van der Waals surface area contributed by atoms with Crippen LogP contribution >= 0.6 is 0 Å². The number of amidine groups is 2. The van der Waals surface area contributed by atoms with Gasteiger partial charge < -0.3 is 19.4 Å². The molecule has 0 bridgehead atoms. The number of nitrogens with one attached hydrogen (secondary N) is 1. The van der Waals surface area contributed by atoms with Crippen molar-refractivity contribution in [2.24, 2.45) is 21.8 Å². The zero-order valence-corrected chi connectivity index (χ0v) is 31.7. The van der Waals surface area contributed by atoms with E-state index in [1.807, 2.05) is 0 Å². The highest BCUT2D eigenvalue weighted by Crippen LogP contribution is 2.48. The largest absolute Gasteiger partial charge is 0.489 e. The SMILES string of the molecule is C1=CC2c3c(cccc3C3=NC(C4=CC5OC6C=C(n7c8c(c9ccccc97)CC(c7ccccc7)C=C8)C=C[C@@H]6C5CC4)=NC(c4ccccc4)N3)OC2CC1. The lowest BCUT2D eigenvalue weighted by molar-refractivity contribution is 0.0821. The Morgan fingerprint density at radius 3 is 2.49 bits per heavy atom. The quantitative estimate of drug-likeness (QED) is 0.182. The molecule has 57 heavy (non-hydrogen) atoms. The Hall–Kier alpha value is -5.98. The van der Waals surface area contributed by atoms with E-state index in [4.69, 9.17) is 19.5 Å². The van der Waals surface area contributed by atoms with Crippen LogP contribution in [0.4, 0.5) is 0 Å². The summed E-state index contributed by atoms with van der Waals surface area (Å²) in [7, 11) is 0. The van der Waals surface area contributed by atoms with Crippen molar-refractivity contribution in [3.8, 4) is 5.75 Å². The van der Waals surface area contributed by atoms with Crippen molar-refractivity contribution in [2.45, 2.75) is 68.4 Å². The standard InChI is InChI=1S/C51H44N4O2/c1-3-12-31(13-4-1)33-23-27-43-41(28-33)36-16-7-9-19-42(36)55(43)35-24-26-38-37-25-22-34(29-46(37)57-47(38)30-35)50-52-49(32-14-5-2-6-15-32)53-51(54-50)40-18-11-21-45-48(40)39-17-8-10-20-44(39)56-45/h1-9,11-19,21,23-24,26-27,29-30,33,37-39,44,46-47,49H,10,20,22,25,28H2,(H,52,53,54)/t33?,37?,38-,39?,44?,46?,47?,49?/m1/s1. The Bertz CT molecular complexity index is 2640. The van der Waals surface area contributed by atoms with Gasteiger partial charge in [-0.2, -0.15) is 0 Å². The van der Waals surface area contributed by atoms with Gasteiger partial charge in [-0.05, 0) is 96.7 Å². The molecule has 4 aromatic carbocycles. The van der Waals surface area contributed by atoms with Gasteiger partial charge in [0.25, 0.3) is 0 Å². The number of hydrogen-bond acceptors (Lipinski definition) is 5. The van der Waals surface area contributed by atoms with Gasteiger partial charge in [0.2, 0.25) is 0 Å². The van der Waals surface area contributed by atoms with Crippen LogP contribution in [0, 0.1) is 11.8 Å². The van der Waals surface area contributed by atoms with Gasteiger partial charge in [0.05, 0.1) is 17.7 Å². The van der Waals surface area contributed by atoms with Crippen LogP contribution in [0.3, 0.4) is 0 Å². The summed E-state index contributed by atoms with van der Waals surface area (Å²) in [5, 5.41) is 5.07. The number of benzene rings is 4. The van der Waals surface area contributed by atoms with Crippen LogP contribution in [0.1, 0.15) is 77.2 Å². The number of allylic oxidation sites excluding steroid dienone is 4. The molecule has 0 radical (unpaired) electrons. The fourth-order valence-corrected chi connectivity index (χ4v) is 10.7. The minimum Gasteiger partial charge on any atom is -0.489 e. The van der Waals surface area contributed by atoms with Crippen LogP contribution in [-0.4, -0.2) is 34.6 Å². The minimum atomic E-state index is -0.247. The summed E-state index contributed by atoms with van der Waals surface area (Å²) >= 11 is 0. The van der Waals surface area contributed by atoms with Crippen molar-refractivity contribution in [1.82, 2.24) is 9.88 Å². The Balaban J connectivity index is 0.872. The van der Waals surface area contributed by atoms with E-state index in [9.17, 15) is 0 Å². The average molecular weight is 745 g/mol. The fourth-order valence-electron chi connectivity index (χ4n) is 10.7. The molecule has 4 aliphatic carbocycles. The molecule has 0 amide bonds. The van der Waals surface area contributed by atoms with E-state index in [0.717, 1.165) is 60.7 Å². The molecule has 1 aromatic heterocycles. The molecule has 4 heterocycles. The molecule has 1 N–H and O–H groups in total. The molecular weight excluding hydrogens is 701 g/mol. The second kappa shape index (κ2) is 13.3. The number of ether oxygens (including phenoxy) is 2. The first-order chi connectivity index (χ1) is 28.2. The van der Waals surface area contributed by atoms with Crippen molar-refractivity contribution < 1.29 is 9.47 Å². The van der Waals surface area contributed by atoms with Crippen molar-refractivity contribution in [2.75, 3.05) is 0 Å². The average Bonchev–Trinajstić information content (AvgIpc) is 3.95. The summed E-state index contributed by atoms with van der Waals surface area (Å²) in [6.07, 6.45) is 23.9. The molecule has 7 unspecified atom stereocenters. The van der Waals surface area contributed by atoms with E-state index < -0.39 is 0 Å². The van der Waals surface area contributed by atoms with Crippen molar-refractivity contribution in [3.05, 3.63) is 185 Å². The van der Waals surface area contributed by atoms with Gasteiger partial charge in [-0.3, -0.25) is 0 Å². The van der Waals surface area contributed by atoms with Gasteiger partial charge in [0.15, 0.2) is 5.84 Å². The van der Waals surface area contributed by atoms with Crippen molar-refractivity contribution in [3.63, 3.8) is 0 Å². The zero-order valence-electron chi connectivity index (χ0n) is 31.7. The van der Waals surface area contributed by atoms with Crippen LogP contribution in [-0.2, 0) is 11.2 Å². The Morgan fingerprint density at radius 2 is 1.60 bits per heavy atom. The number of para-hydroxylation sites is 1. The van der Waals surface area contributed by atoms with Gasteiger partial charge >= 0.3 is 0 Å². The minimum absolute atomic E-state index is 0.000217. The highest BCUT2D eigenvalue weighted by molar-refractivity contribution is 6.13. The monoisotopic (exact) mass is 744 g/mol. The maximum absolute atomic E-state index is 7.01. The first kappa shape index (κ1) is 33.2. The van der Waals surface area contributed by atoms with Crippen LogP contribution < -0.4 is 10.1 Å². The molecule has 0 spiro atoms. The normalized spacial score (nSPS) is 29.1. The van der Waals surface area contributed by atoms with E-state index in [0.29, 0.717) is 17.8 Å². The van der Waals surface area contributed by atoms with Gasteiger partial charge in [-0.1, -0.05) is 115 Å². The topological polar surface area (TPSA) is 60.1 Å². The summed E-state index contributed by atoms with van der Waals surface area (Å²) in [6.45, 7) is 0. The number of hydrogen-bond donors (Lipinski definition) is 1. The van der Waals surface area contributed by atoms with Gasteiger partial charge in [-0.25, -0.2) is 9.98 Å². The van der Waals surface area contributed by atoms with Crippen LogP contribution in [0.25, 0.3) is 22.7 Å². The second-order valence-electron chi connectivity index (χ2n) is 16.6. The number of nitrogens with zero attached hydrogens (tertiary/aromatic N) is 3. The lowest BCUT2D eigenvalue weighted by atomic mass is 9.77. The van der Waals surface area contributed by atoms with E-state index in [-0.39, 0.29) is 30.4 Å². The molecule has 12 rings (SSSR count). The molecule has 6 nitrogen and oxygen atoms in total. The summed E-state index contributed by atoms with van der Waals surface area (Å²) in [5.41, 5.74) is 11.1. The Labute approximate surface area is 333 Å². The van der Waals surface area contributed by atoms with Crippen LogP contribution in [0.5, 0.6) is 5.75 Å². The molecule has 1 fully saturated rings. The number of aromatic nitrogens is 1.